The highest BCUT2D eigenvalue weighted by Crippen LogP contribution is 2.43. The highest BCUT2D eigenvalue weighted by Gasteiger charge is 2.31. The maximum absolute atomic E-state index is 3.64. The Labute approximate surface area is 131 Å². The molecule has 3 unspecified atom stereocenters. The summed E-state index contributed by atoms with van der Waals surface area (Å²) < 4.78 is 0. The van der Waals surface area contributed by atoms with Gasteiger partial charge in [-0.15, -0.1) is 11.3 Å². The quantitative estimate of drug-likeness (QED) is 0.855. The highest BCUT2D eigenvalue weighted by molar-refractivity contribution is 7.98. The van der Waals surface area contributed by atoms with Crippen molar-refractivity contribution in [2.75, 3.05) is 12.8 Å². The highest BCUT2D eigenvalue weighted by atomic mass is 32.2. The summed E-state index contributed by atoms with van der Waals surface area (Å²) in [6.45, 7) is 4.87. The second kappa shape index (κ2) is 6.41. The molecule has 2 heterocycles. The molecule has 0 spiro atoms. The molecule has 0 bridgehead atoms. The van der Waals surface area contributed by atoms with E-state index < -0.39 is 0 Å². The van der Waals surface area contributed by atoms with Gasteiger partial charge in [0.1, 0.15) is 0 Å². The fourth-order valence-corrected chi connectivity index (χ4v) is 6.80. The fraction of sp³-hybridized carbons (Fsp3) is 0.765. The monoisotopic (exact) mass is 309 g/mol. The topological polar surface area (TPSA) is 12.0 Å². The number of hydrogen-bond donors (Lipinski definition) is 1. The average Bonchev–Trinajstić information content (AvgIpc) is 2.81. The van der Waals surface area contributed by atoms with Gasteiger partial charge in [0, 0.05) is 21.5 Å². The molecule has 1 aliphatic carbocycles. The van der Waals surface area contributed by atoms with Crippen LogP contribution in [-0.4, -0.2) is 12.8 Å². The SMILES string of the molecule is CNC(c1cc2c(s1)CCSC2)C1CC(C)CC(C)C1. The maximum atomic E-state index is 3.64. The Hall–Kier alpha value is 0.01000. The van der Waals surface area contributed by atoms with Crippen LogP contribution in [0.25, 0.3) is 0 Å². The van der Waals surface area contributed by atoms with Crippen LogP contribution in [0.1, 0.15) is 54.5 Å². The van der Waals surface area contributed by atoms with Crippen LogP contribution in [-0.2, 0) is 12.2 Å². The van der Waals surface area contributed by atoms with Gasteiger partial charge in [-0.05, 0) is 67.9 Å². The summed E-state index contributed by atoms with van der Waals surface area (Å²) in [5, 5.41) is 3.64. The number of rotatable bonds is 3. The van der Waals surface area contributed by atoms with Gasteiger partial charge in [-0.1, -0.05) is 13.8 Å². The fourth-order valence-electron chi connectivity index (χ4n) is 4.22. The molecule has 1 nitrogen and oxygen atoms in total. The van der Waals surface area contributed by atoms with Gasteiger partial charge < -0.3 is 5.32 Å². The van der Waals surface area contributed by atoms with Crippen LogP contribution in [0, 0.1) is 17.8 Å². The van der Waals surface area contributed by atoms with Crippen molar-refractivity contribution in [3.63, 3.8) is 0 Å². The Bertz CT molecular complexity index is 420. The second-order valence-corrected chi connectivity index (χ2v) is 9.12. The van der Waals surface area contributed by atoms with Crippen molar-refractivity contribution in [3.8, 4) is 0 Å². The van der Waals surface area contributed by atoms with Crippen LogP contribution in [0.5, 0.6) is 0 Å². The number of fused-ring (bicyclic) bond motifs is 1. The molecule has 3 rings (SSSR count). The van der Waals surface area contributed by atoms with Gasteiger partial charge in [-0.3, -0.25) is 0 Å². The van der Waals surface area contributed by atoms with Crippen LogP contribution < -0.4 is 5.32 Å². The molecule has 1 aromatic rings. The van der Waals surface area contributed by atoms with Crippen LogP contribution in [0.15, 0.2) is 6.07 Å². The smallest absolute Gasteiger partial charge is 0.0441 e. The van der Waals surface area contributed by atoms with Gasteiger partial charge in [-0.2, -0.15) is 11.8 Å². The van der Waals surface area contributed by atoms with E-state index in [1.165, 1.54) is 37.2 Å². The second-order valence-electron chi connectivity index (χ2n) is 6.84. The Morgan fingerprint density at radius 1 is 1.20 bits per heavy atom. The standard InChI is InChI=1S/C17H27NS2/c1-11-6-12(2)8-13(7-11)17(18-3)16-9-14-10-19-5-4-15(14)20-16/h9,11-13,17-18H,4-8,10H2,1-3H3. The van der Waals surface area contributed by atoms with E-state index in [4.69, 9.17) is 0 Å². The van der Waals surface area contributed by atoms with Crippen LogP contribution in [0.3, 0.4) is 0 Å². The van der Waals surface area contributed by atoms with Crippen molar-refractivity contribution >= 4 is 23.1 Å². The van der Waals surface area contributed by atoms with Crippen molar-refractivity contribution in [2.45, 2.75) is 51.3 Å². The molecule has 0 aromatic carbocycles. The van der Waals surface area contributed by atoms with Crippen molar-refractivity contribution in [1.82, 2.24) is 5.32 Å². The summed E-state index contributed by atoms with van der Waals surface area (Å²) >= 11 is 4.18. The lowest BCUT2D eigenvalue weighted by molar-refractivity contribution is 0.182. The summed E-state index contributed by atoms with van der Waals surface area (Å²) in [7, 11) is 2.15. The van der Waals surface area contributed by atoms with Gasteiger partial charge in [0.15, 0.2) is 0 Å². The minimum absolute atomic E-state index is 0.584. The predicted octanol–water partition coefficient (Wildman–Crippen LogP) is 4.87. The number of aryl methyl sites for hydroxylation is 1. The van der Waals surface area contributed by atoms with Gasteiger partial charge in [0.25, 0.3) is 0 Å². The molecule has 0 radical (unpaired) electrons. The Morgan fingerprint density at radius 2 is 1.95 bits per heavy atom. The van der Waals surface area contributed by atoms with Crippen molar-refractivity contribution in [3.05, 3.63) is 21.4 Å². The number of nitrogens with one attached hydrogen (secondary N) is 1. The minimum atomic E-state index is 0.584. The van der Waals surface area contributed by atoms with Gasteiger partial charge in [0.05, 0.1) is 0 Å². The van der Waals surface area contributed by atoms with E-state index in [0.717, 1.165) is 17.8 Å². The zero-order valence-corrected chi connectivity index (χ0v) is 14.6. The third-order valence-corrected chi connectivity index (χ3v) is 7.28. The first-order valence-corrected chi connectivity index (χ1v) is 10.0. The lowest BCUT2D eigenvalue weighted by Gasteiger charge is -2.36. The third kappa shape index (κ3) is 3.10. The molecule has 0 saturated heterocycles. The molecule has 1 N–H and O–H groups in total. The zero-order chi connectivity index (χ0) is 14.1. The molecule has 1 fully saturated rings. The van der Waals surface area contributed by atoms with E-state index in [9.17, 15) is 0 Å². The van der Waals surface area contributed by atoms with E-state index in [1.807, 2.05) is 0 Å². The average molecular weight is 310 g/mol. The van der Waals surface area contributed by atoms with E-state index in [1.54, 1.807) is 15.3 Å². The van der Waals surface area contributed by atoms with Gasteiger partial charge >= 0.3 is 0 Å². The number of hydrogen-bond acceptors (Lipinski definition) is 3. The molecule has 1 saturated carbocycles. The summed E-state index contributed by atoms with van der Waals surface area (Å²) in [5.74, 6) is 5.16. The van der Waals surface area contributed by atoms with Crippen LogP contribution in [0.4, 0.5) is 0 Å². The lowest BCUT2D eigenvalue weighted by Crippen LogP contribution is -2.30. The Balaban J connectivity index is 1.80. The predicted molar refractivity (Wildman–Crippen MR) is 91.7 cm³/mol. The van der Waals surface area contributed by atoms with E-state index in [2.05, 4.69) is 55.4 Å². The molecular weight excluding hydrogens is 282 g/mol. The molecule has 2 aliphatic rings. The molecule has 20 heavy (non-hydrogen) atoms. The van der Waals surface area contributed by atoms with E-state index >= 15 is 0 Å². The molecule has 0 amide bonds. The molecule has 1 aromatic heterocycles. The number of thiophene rings is 1. The lowest BCUT2D eigenvalue weighted by atomic mass is 9.73. The first kappa shape index (κ1) is 14.9. The maximum Gasteiger partial charge on any atom is 0.0441 e. The molecule has 1 aliphatic heterocycles. The largest absolute Gasteiger partial charge is 0.312 e. The first-order chi connectivity index (χ1) is 9.67. The zero-order valence-electron chi connectivity index (χ0n) is 12.9. The van der Waals surface area contributed by atoms with Gasteiger partial charge in [0.2, 0.25) is 0 Å². The van der Waals surface area contributed by atoms with E-state index in [0.29, 0.717) is 6.04 Å². The normalized spacial score (nSPS) is 31.9. The molecule has 3 heteroatoms. The third-order valence-electron chi connectivity index (χ3n) is 4.95. The van der Waals surface area contributed by atoms with Crippen molar-refractivity contribution < 1.29 is 0 Å². The Kier molecular flexibility index (Phi) is 4.79. The minimum Gasteiger partial charge on any atom is -0.312 e. The Morgan fingerprint density at radius 3 is 2.60 bits per heavy atom. The summed E-state index contributed by atoms with van der Waals surface area (Å²) in [4.78, 5) is 3.27. The molecular formula is C17H27NS2. The summed E-state index contributed by atoms with van der Waals surface area (Å²) in [6, 6.07) is 3.10. The molecule has 112 valence electrons. The summed E-state index contributed by atoms with van der Waals surface area (Å²) in [5.41, 5.74) is 1.62. The van der Waals surface area contributed by atoms with Crippen molar-refractivity contribution in [1.29, 1.82) is 0 Å². The molecule has 3 atom stereocenters. The van der Waals surface area contributed by atoms with Crippen LogP contribution >= 0.6 is 23.1 Å². The van der Waals surface area contributed by atoms with Crippen molar-refractivity contribution in [2.24, 2.45) is 17.8 Å². The van der Waals surface area contributed by atoms with Gasteiger partial charge in [-0.25, -0.2) is 0 Å². The van der Waals surface area contributed by atoms with Crippen LogP contribution in [0.2, 0.25) is 0 Å². The number of thioether (sulfide) groups is 1. The summed E-state index contributed by atoms with van der Waals surface area (Å²) in [6.07, 6.45) is 5.50. The van der Waals surface area contributed by atoms with E-state index in [-0.39, 0.29) is 0 Å². The first-order valence-electron chi connectivity index (χ1n) is 8.03.